The molecule has 40 heavy (non-hydrogen) atoms. The van der Waals surface area contributed by atoms with Gasteiger partial charge in [0.25, 0.3) is 0 Å². The van der Waals surface area contributed by atoms with E-state index < -0.39 is 0 Å². The van der Waals surface area contributed by atoms with Crippen LogP contribution in [0.3, 0.4) is 0 Å². The van der Waals surface area contributed by atoms with Crippen molar-refractivity contribution < 1.29 is 19.7 Å². The van der Waals surface area contributed by atoms with Crippen LogP contribution in [0.15, 0.2) is 18.2 Å². The maximum absolute atomic E-state index is 9.24. The lowest BCUT2D eigenvalue weighted by molar-refractivity contribution is 0.141. The summed E-state index contributed by atoms with van der Waals surface area (Å²) in [4.78, 5) is 2.01. The summed E-state index contributed by atoms with van der Waals surface area (Å²) in [6.07, 6.45) is 22.8. The van der Waals surface area contributed by atoms with Gasteiger partial charge < -0.3 is 19.7 Å². The van der Waals surface area contributed by atoms with Crippen LogP contribution in [-0.4, -0.2) is 61.2 Å². The van der Waals surface area contributed by atoms with Crippen molar-refractivity contribution >= 4 is 0 Å². The highest BCUT2D eigenvalue weighted by atomic mass is 16.5. The summed E-state index contributed by atoms with van der Waals surface area (Å²) < 4.78 is 12.1. The van der Waals surface area contributed by atoms with Crippen molar-refractivity contribution in [3.63, 3.8) is 0 Å². The lowest BCUT2D eigenvalue weighted by Crippen LogP contribution is -2.33. The summed E-state index contributed by atoms with van der Waals surface area (Å²) >= 11 is 0. The van der Waals surface area contributed by atoms with Gasteiger partial charge in [0, 0.05) is 38.5 Å². The predicted octanol–water partition coefficient (Wildman–Crippen LogP) is 7.95. The topological polar surface area (TPSA) is 62.2 Å². The average molecular weight is 560 g/mol. The highest BCUT2D eigenvalue weighted by Crippen LogP contribution is 2.25. The SMILES string of the molecule is CCCCC#CCCOc1cc(CCCCCCCCCCCCCCC)cc(OCCN(CCO)CCO)c1. The lowest BCUT2D eigenvalue weighted by atomic mass is 10.0. The van der Waals surface area contributed by atoms with Gasteiger partial charge in [0.2, 0.25) is 0 Å². The van der Waals surface area contributed by atoms with E-state index in [1.807, 2.05) is 11.0 Å². The Bertz CT molecular complexity index is 751. The van der Waals surface area contributed by atoms with Crippen molar-refractivity contribution in [1.82, 2.24) is 4.90 Å². The van der Waals surface area contributed by atoms with Gasteiger partial charge >= 0.3 is 0 Å². The quantitative estimate of drug-likeness (QED) is 0.0846. The molecule has 0 heterocycles. The van der Waals surface area contributed by atoms with Gasteiger partial charge in [-0.05, 0) is 37.0 Å². The van der Waals surface area contributed by atoms with Gasteiger partial charge in [-0.3, -0.25) is 4.90 Å². The zero-order valence-corrected chi connectivity index (χ0v) is 26.1. The molecule has 0 aliphatic heterocycles. The van der Waals surface area contributed by atoms with E-state index >= 15 is 0 Å². The Balaban J connectivity index is 2.44. The van der Waals surface area contributed by atoms with E-state index in [4.69, 9.17) is 9.47 Å². The van der Waals surface area contributed by atoms with Gasteiger partial charge in [-0.1, -0.05) is 103 Å². The Morgan fingerprint density at radius 3 is 1.62 bits per heavy atom. The minimum Gasteiger partial charge on any atom is -0.492 e. The van der Waals surface area contributed by atoms with Crippen LogP contribution in [0.1, 0.15) is 129 Å². The second-order valence-electron chi connectivity index (χ2n) is 11.0. The molecule has 230 valence electrons. The van der Waals surface area contributed by atoms with Gasteiger partial charge in [0.05, 0.1) is 19.8 Å². The molecule has 0 aliphatic carbocycles. The van der Waals surface area contributed by atoms with E-state index in [2.05, 4.69) is 37.8 Å². The summed E-state index contributed by atoms with van der Waals surface area (Å²) in [7, 11) is 0. The molecule has 5 heteroatoms. The second kappa shape index (κ2) is 27.4. The number of unbranched alkanes of at least 4 members (excludes halogenated alkanes) is 14. The first kappa shape index (κ1) is 36.3. The molecule has 1 rings (SSSR count). The molecule has 0 aliphatic rings. The Kier molecular flexibility index (Phi) is 24.9. The third kappa shape index (κ3) is 21.1. The predicted molar refractivity (Wildman–Crippen MR) is 169 cm³/mol. The Morgan fingerprint density at radius 1 is 0.575 bits per heavy atom. The number of rotatable bonds is 27. The maximum atomic E-state index is 9.24. The molecule has 0 saturated heterocycles. The fraction of sp³-hybridized carbons (Fsp3) is 0.771. The number of aryl methyl sites for hydroxylation is 1. The van der Waals surface area contributed by atoms with Crippen LogP contribution in [0.2, 0.25) is 0 Å². The van der Waals surface area contributed by atoms with E-state index in [0.29, 0.717) is 32.8 Å². The third-order valence-electron chi connectivity index (χ3n) is 7.29. The van der Waals surface area contributed by atoms with Gasteiger partial charge in [-0.2, -0.15) is 0 Å². The first-order chi connectivity index (χ1) is 19.7. The zero-order chi connectivity index (χ0) is 28.9. The molecule has 1 aromatic carbocycles. The molecule has 0 atom stereocenters. The molecule has 0 radical (unpaired) electrons. The summed E-state index contributed by atoms with van der Waals surface area (Å²) in [6.45, 7) is 7.45. The normalized spacial score (nSPS) is 11.0. The Labute approximate surface area is 247 Å². The minimum atomic E-state index is 0.0773. The zero-order valence-electron chi connectivity index (χ0n) is 26.1. The van der Waals surface area contributed by atoms with Crippen molar-refractivity contribution in [2.45, 2.75) is 129 Å². The highest BCUT2D eigenvalue weighted by Gasteiger charge is 2.07. The first-order valence-electron chi connectivity index (χ1n) is 16.5. The van der Waals surface area contributed by atoms with E-state index in [-0.39, 0.29) is 13.2 Å². The van der Waals surface area contributed by atoms with E-state index in [0.717, 1.165) is 37.2 Å². The number of ether oxygens (including phenoxy) is 2. The fourth-order valence-electron chi connectivity index (χ4n) is 4.86. The van der Waals surface area contributed by atoms with Crippen molar-refractivity contribution in [3.05, 3.63) is 23.8 Å². The van der Waals surface area contributed by atoms with Crippen LogP contribution in [-0.2, 0) is 6.42 Å². The first-order valence-corrected chi connectivity index (χ1v) is 16.5. The number of benzene rings is 1. The third-order valence-corrected chi connectivity index (χ3v) is 7.29. The number of hydrogen-bond donors (Lipinski definition) is 2. The molecule has 0 amide bonds. The molecular weight excluding hydrogens is 498 g/mol. The lowest BCUT2D eigenvalue weighted by Gasteiger charge is -2.20. The van der Waals surface area contributed by atoms with Crippen molar-refractivity contribution in [1.29, 1.82) is 0 Å². The van der Waals surface area contributed by atoms with Crippen LogP contribution in [0.5, 0.6) is 11.5 Å². The molecule has 0 saturated carbocycles. The molecule has 0 fully saturated rings. The van der Waals surface area contributed by atoms with Crippen LogP contribution in [0, 0.1) is 11.8 Å². The summed E-state index contributed by atoms with van der Waals surface area (Å²) in [5.41, 5.74) is 1.26. The van der Waals surface area contributed by atoms with Gasteiger partial charge in [-0.25, -0.2) is 0 Å². The van der Waals surface area contributed by atoms with Crippen molar-refractivity contribution in [2.24, 2.45) is 0 Å². The number of aliphatic hydroxyl groups excluding tert-OH is 2. The van der Waals surface area contributed by atoms with E-state index in [1.165, 1.54) is 95.5 Å². The smallest absolute Gasteiger partial charge is 0.123 e. The molecule has 0 bridgehead atoms. The molecule has 5 nitrogen and oxygen atoms in total. The number of aliphatic hydroxyl groups is 2. The molecule has 0 spiro atoms. The van der Waals surface area contributed by atoms with Gasteiger partial charge in [0.1, 0.15) is 18.1 Å². The Hall–Kier alpha value is -1.74. The van der Waals surface area contributed by atoms with Crippen molar-refractivity contribution in [2.75, 3.05) is 46.1 Å². The molecule has 0 aromatic heterocycles. The van der Waals surface area contributed by atoms with Gasteiger partial charge in [0.15, 0.2) is 0 Å². The van der Waals surface area contributed by atoms with Crippen LogP contribution >= 0.6 is 0 Å². The van der Waals surface area contributed by atoms with Crippen LogP contribution < -0.4 is 9.47 Å². The summed E-state index contributed by atoms with van der Waals surface area (Å²) in [5.74, 6) is 8.12. The largest absolute Gasteiger partial charge is 0.492 e. The molecule has 2 N–H and O–H groups in total. The molecule has 1 aromatic rings. The molecular formula is C35H61NO4. The number of hydrogen-bond acceptors (Lipinski definition) is 5. The highest BCUT2D eigenvalue weighted by molar-refractivity contribution is 5.38. The molecule has 0 unspecified atom stereocenters. The maximum Gasteiger partial charge on any atom is 0.123 e. The fourth-order valence-corrected chi connectivity index (χ4v) is 4.86. The minimum absolute atomic E-state index is 0.0773. The Morgan fingerprint density at radius 2 is 1.07 bits per heavy atom. The number of nitrogens with zero attached hydrogens (tertiary/aromatic N) is 1. The second-order valence-corrected chi connectivity index (χ2v) is 11.0. The standard InChI is InChI=1S/C35H61NO4/c1-3-5-7-9-11-12-13-14-15-16-17-18-20-22-33-30-34(39-28-21-19-10-8-6-4-2)32-35(31-33)40-29-25-36(23-26-37)24-27-38/h30-32,37-38H,3-9,11-18,20-29H2,1-2H3. The summed E-state index contributed by atoms with van der Waals surface area (Å²) in [6, 6.07) is 6.27. The monoisotopic (exact) mass is 559 g/mol. The van der Waals surface area contributed by atoms with Crippen molar-refractivity contribution in [3.8, 4) is 23.3 Å². The average Bonchev–Trinajstić information content (AvgIpc) is 2.95. The van der Waals surface area contributed by atoms with Gasteiger partial charge in [-0.15, -0.1) is 5.92 Å². The summed E-state index contributed by atoms with van der Waals surface area (Å²) in [5, 5.41) is 18.5. The van der Waals surface area contributed by atoms with E-state index in [1.54, 1.807) is 0 Å². The van der Waals surface area contributed by atoms with E-state index in [9.17, 15) is 10.2 Å². The van der Waals surface area contributed by atoms with Crippen LogP contribution in [0.4, 0.5) is 0 Å². The van der Waals surface area contributed by atoms with Crippen LogP contribution in [0.25, 0.3) is 0 Å².